The molecule has 0 aromatic heterocycles. The Morgan fingerprint density at radius 2 is 2.11 bits per heavy atom. The average Bonchev–Trinajstić information content (AvgIpc) is 2.40. The first-order chi connectivity index (χ1) is 8.66. The average molecular weight is 265 g/mol. The minimum Gasteiger partial charge on any atom is -0.445 e. The van der Waals surface area contributed by atoms with Crippen LogP contribution in [-0.4, -0.2) is 28.8 Å². The number of likely N-dealkylation sites (tertiary alicyclic amines) is 1. The molecule has 98 valence electrons. The van der Waals surface area contributed by atoms with Crippen LogP contribution in [0.25, 0.3) is 0 Å². The van der Waals surface area contributed by atoms with E-state index in [-0.39, 0.29) is 17.4 Å². The Labute approximate surface area is 114 Å². The van der Waals surface area contributed by atoms with Gasteiger partial charge in [-0.05, 0) is 25.3 Å². The van der Waals surface area contributed by atoms with Crippen LogP contribution in [0.3, 0.4) is 0 Å². The molecule has 0 aliphatic carbocycles. The number of thiol groups is 1. The number of hydrogen-bond acceptors (Lipinski definition) is 3. The minimum atomic E-state index is -0.231. The van der Waals surface area contributed by atoms with Crippen molar-refractivity contribution < 1.29 is 9.53 Å². The van der Waals surface area contributed by atoms with Crippen LogP contribution >= 0.6 is 12.6 Å². The van der Waals surface area contributed by atoms with Crippen LogP contribution in [0.15, 0.2) is 30.3 Å². The molecular weight excluding hydrogens is 246 g/mol. The number of piperidine rings is 1. The first-order valence-electron chi connectivity index (χ1n) is 6.32. The normalized spacial score (nSPS) is 23.8. The molecule has 0 N–H and O–H groups in total. The van der Waals surface area contributed by atoms with Crippen LogP contribution in [0.2, 0.25) is 0 Å². The zero-order valence-corrected chi connectivity index (χ0v) is 11.5. The minimum absolute atomic E-state index is 0.231. The maximum absolute atomic E-state index is 12.0. The molecule has 2 unspecified atom stereocenters. The summed E-state index contributed by atoms with van der Waals surface area (Å²) in [5, 5.41) is 0.269. The molecule has 1 aromatic carbocycles. The lowest BCUT2D eigenvalue weighted by atomic mass is 10.0. The maximum atomic E-state index is 12.0. The lowest BCUT2D eigenvalue weighted by molar-refractivity contribution is 0.0735. The molecule has 1 amide bonds. The van der Waals surface area contributed by atoms with Gasteiger partial charge >= 0.3 is 6.09 Å². The van der Waals surface area contributed by atoms with E-state index >= 15 is 0 Å². The van der Waals surface area contributed by atoms with E-state index in [1.165, 1.54) is 0 Å². The summed E-state index contributed by atoms with van der Waals surface area (Å²) in [6.07, 6.45) is 1.83. The predicted molar refractivity (Wildman–Crippen MR) is 74.8 cm³/mol. The second-order valence-corrected chi connectivity index (χ2v) is 5.50. The van der Waals surface area contributed by atoms with Gasteiger partial charge in [-0.2, -0.15) is 12.6 Å². The number of benzene rings is 1. The van der Waals surface area contributed by atoms with Gasteiger partial charge in [0.2, 0.25) is 0 Å². The quantitative estimate of drug-likeness (QED) is 0.833. The van der Waals surface area contributed by atoms with E-state index in [4.69, 9.17) is 4.74 Å². The van der Waals surface area contributed by atoms with Crippen LogP contribution in [0.4, 0.5) is 4.79 Å². The predicted octanol–water partition coefficient (Wildman–Crippen LogP) is 3.11. The first-order valence-corrected chi connectivity index (χ1v) is 6.84. The zero-order chi connectivity index (χ0) is 13.0. The first kappa shape index (κ1) is 13.3. The summed E-state index contributed by atoms with van der Waals surface area (Å²) in [5.74, 6) is 0. The molecule has 1 fully saturated rings. The third-order valence-corrected chi connectivity index (χ3v) is 3.72. The van der Waals surface area contributed by atoms with Crippen molar-refractivity contribution in [3.8, 4) is 0 Å². The van der Waals surface area contributed by atoms with Gasteiger partial charge in [0, 0.05) is 17.8 Å². The van der Waals surface area contributed by atoms with Gasteiger partial charge < -0.3 is 9.64 Å². The van der Waals surface area contributed by atoms with E-state index in [9.17, 15) is 4.79 Å². The molecule has 1 heterocycles. The summed E-state index contributed by atoms with van der Waals surface area (Å²) in [7, 11) is 0. The molecule has 0 spiro atoms. The molecule has 3 nitrogen and oxygen atoms in total. The highest BCUT2D eigenvalue weighted by Gasteiger charge is 2.28. The van der Waals surface area contributed by atoms with Crippen LogP contribution in [-0.2, 0) is 11.3 Å². The van der Waals surface area contributed by atoms with Crippen molar-refractivity contribution in [2.24, 2.45) is 0 Å². The Morgan fingerprint density at radius 3 is 2.83 bits per heavy atom. The molecule has 2 rings (SSSR count). The van der Waals surface area contributed by atoms with Crippen molar-refractivity contribution in [2.75, 3.05) is 6.54 Å². The van der Waals surface area contributed by atoms with E-state index in [0.29, 0.717) is 13.2 Å². The molecule has 1 aliphatic heterocycles. The SMILES string of the molecule is CC1CCC(S)CN1C(=O)OCc1ccccc1. The number of carbonyl (C=O) groups excluding carboxylic acids is 1. The lowest BCUT2D eigenvalue weighted by Crippen LogP contribution is -2.46. The number of hydrogen-bond donors (Lipinski definition) is 1. The van der Waals surface area contributed by atoms with Gasteiger partial charge in [0.25, 0.3) is 0 Å². The Balaban J connectivity index is 1.87. The fourth-order valence-corrected chi connectivity index (χ4v) is 2.47. The van der Waals surface area contributed by atoms with Crippen LogP contribution < -0.4 is 0 Å². The topological polar surface area (TPSA) is 29.5 Å². The summed E-state index contributed by atoms with van der Waals surface area (Å²) < 4.78 is 5.34. The maximum Gasteiger partial charge on any atom is 0.410 e. The van der Waals surface area contributed by atoms with E-state index in [2.05, 4.69) is 19.6 Å². The van der Waals surface area contributed by atoms with Crippen molar-refractivity contribution in [3.05, 3.63) is 35.9 Å². The van der Waals surface area contributed by atoms with Crippen LogP contribution in [0, 0.1) is 0 Å². The standard InChI is InChI=1S/C14H19NO2S/c1-11-7-8-13(18)9-15(11)14(16)17-10-12-5-3-2-4-6-12/h2-6,11,13,18H,7-10H2,1H3. The zero-order valence-electron chi connectivity index (χ0n) is 10.6. The number of carbonyl (C=O) groups is 1. The van der Waals surface area contributed by atoms with E-state index < -0.39 is 0 Å². The fourth-order valence-electron chi connectivity index (χ4n) is 2.14. The Morgan fingerprint density at radius 1 is 1.39 bits per heavy atom. The second-order valence-electron chi connectivity index (χ2n) is 4.77. The van der Waals surface area contributed by atoms with Gasteiger partial charge in [-0.15, -0.1) is 0 Å². The van der Waals surface area contributed by atoms with Gasteiger partial charge in [0.1, 0.15) is 6.61 Å². The molecule has 4 heteroatoms. The third-order valence-electron chi connectivity index (χ3n) is 3.30. The Kier molecular flexibility index (Phi) is 4.53. The summed E-state index contributed by atoms with van der Waals surface area (Å²) >= 11 is 4.44. The van der Waals surface area contributed by atoms with Gasteiger partial charge in [0.15, 0.2) is 0 Å². The molecule has 0 radical (unpaired) electrons. The smallest absolute Gasteiger partial charge is 0.410 e. The van der Waals surface area contributed by atoms with Gasteiger partial charge in [-0.1, -0.05) is 30.3 Å². The summed E-state index contributed by atoms with van der Waals surface area (Å²) in [5.41, 5.74) is 1.01. The van der Waals surface area contributed by atoms with Crippen molar-refractivity contribution in [1.82, 2.24) is 4.90 Å². The third kappa shape index (κ3) is 3.42. The van der Waals surface area contributed by atoms with E-state index in [1.54, 1.807) is 4.90 Å². The van der Waals surface area contributed by atoms with Crippen molar-refractivity contribution >= 4 is 18.7 Å². The van der Waals surface area contributed by atoms with Crippen molar-refractivity contribution in [2.45, 2.75) is 37.7 Å². The molecular formula is C14H19NO2S. The molecule has 1 aliphatic rings. The fraction of sp³-hybridized carbons (Fsp3) is 0.500. The highest BCUT2D eigenvalue weighted by molar-refractivity contribution is 7.81. The highest BCUT2D eigenvalue weighted by Crippen LogP contribution is 2.21. The molecule has 1 saturated heterocycles. The van der Waals surface area contributed by atoms with Crippen molar-refractivity contribution in [3.63, 3.8) is 0 Å². The van der Waals surface area contributed by atoms with E-state index in [1.807, 2.05) is 30.3 Å². The van der Waals surface area contributed by atoms with Gasteiger partial charge in [-0.25, -0.2) is 4.79 Å². The second kappa shape index (κ2) is 6.14. The summed E-state index contributed by atoms with van der Waals surface area (Å²) in [4.78, 5) is 13.8. The lowest BCUT2D eigenvalue weighted by Gasteiger charge is -2.35. The van der Waals surface area contributed by atoms with Crippen LogP contribution in [0.1, 0.15) is 25.3 Å². The highest BCUT2D eigenvalue weighted by atomic mass is 32.1. The molecule has 1 aromatic rings. The van der Waals surface area contributed by atoms with Gasteiger partial charge in [-0.3, -0.25) is 0 Å². The van der Waals surface area contributed by atoms with Crippen molar-refractivity contribution in [1.29, 1.82) is 0 Å². The number of ether oxygens (including phenoxy) is 1. The number of amides is 1. The molecule has 2 atom stereocenters. The largest absolute Gasteiger partial charge is 0.445 e. The Bertz CT molecular complexity index is 396. The summed E-state index contributed by atoms with van der Waals surface area (Å²) in [6.45, 7) is 3.07. The molecule has 18 heavy (non-hydrogen) atoms. The van der Waals surface area contributed by atoms with Crippen LogP contribution in [0.5, 0.6) is 0 Å². The summed E-state index contributed by atoms with van der Waals surface area (Å²) in [6, 6.07) is 9.98. The number of rotatable bonds is 2. The van der Waals surface area contributed by atoms with E-state index in [0.717, 1.165) is 18.4 Å². The molecule has 0 saturated carbocycles. The number of nitrogens with zero attached hydrogens (tertiary/aromatic N) is 1. The Hall–Kier alpha value is -1.16. The van der Waals surface area contributed by atoms with Gasteiger partial charge in [0.05, 0.1) is 0 Å². The monoisotopic (exact) mass is 265 g/mol. The molecule has 0 bridgehead atoms.